The van der Waals surface area contributed by atoms with Crippen molar-refractivity contribution in [2.75, 3.05) is 68.7 Å². The lowest BCUT2D eigenvalue weighted by Crippen LogP contribution is -2.37. The molecule has 0 aromatic heterocycles. The predicted molar refractivity (Wildman–Crippen MR) is 147 cm³/mol. The van der Waals surface area contributed by atoms with Gasteiger partial charge in [-0.2, -0.15) is 0 Å². The molecule has 2 aromatic carbocycles. The summed E-state index contributed by atoms with van der Waals surface area (Å²) in [5, 5.41) is 0. The van der Waals surface area contributed by atoms with Crippen molar-refractivity contribution in [1.82, 2.24) is 9.80 Å². The van der Waals surface area contributed by atoms with E-state index in [4.69, 9.17) is 18.9 Å². The van der Waals surface area contributed by atoms with E-state index in [2.05, 4.69) is 22.9 Å². The van der Waals surface area contributed by atoms with Crippen LogP contribution in [0.1, 0.15) is 17.5 Å². The van der Waals surface area contributed by atoms with E-state index in [-0.39, 0.29) is 5.78 Å². The van der Waals surface area contributed by atoms with Gasteiger partial charge in [0.05, 0.1) is 28.4 Å². The van der Waals surface area contributed by atoms with Crippen LogP contribution in [0, 0.1) is 0 Å². The average molecular weight is 505 g/mol. The summed E-state index contributed by atoms with van der Waals surface area (Å²) in [4.78, 5) is 18.4. The number of nitrogens with zero attached hydrogens (tertiary/aromatic N) is 2. The van der Waals surface area contributed by atoms with E-state index in [1.165, 1.54) is 0 Å². The van der Waals surface area contributed by atoms with Gasteiger partial charge in [0, 0.05) is 48.5 Å². The van der Waals surface area contributed by atoms with Gasteiger partial charge in [0.25, 0.3) is 0 Å². The van der Waals surface area contributed by atoms with Gasteiger partial charge in [0.1, 0.15) is 23.0 Å². The third kappa shape index (κ3) is 5.89. The monoisotopic (exact) mass is 504 g/mol. The van der Waals surface area contributed by atoms with Gasteiger partial charge in [-0.15, -0.1) is 0 Å². The maximum Gasteiger partial charge on any atom is 0.187 e. The van der Waals surface area contributed by atoms with Crippen molar-refractivity contribution in [3.63, 3.8) is 0 Å². The van der Waals surface area contributed by atoms with Crippen molar-refractivity contribution in [2.24, 2.45) is 0 Å². The molecule has 0 spiro atoms. The number of ketones is 1. The highest BCUT2D eigenvalue weighted by atomic mass is 16.5. The minimum Gasteiger partial charge on any atom is -0.497 e. The first-order valence-corrected chi connectivity index (χ1v) is 12.4. The zero-order chi connectivity index (χ0) is 26.5. The highest BCUT2D eigenvalue weighted by Gasteiger charge is 2.30. The predicted octanol–water partition coefficient (Wildman–Crippen LogP) is 4.33. The molecule has 4 rings (SSSR count). The molecular formula is C30H36N2O5. The number of likely N-dealkylation sites (N-methyl/N-ethyl adjacent to an activating group) is 2. The van der Waals surface area contributed by atoms with E-state index >= 15 is 0 Å². The number of methoxy groups -OCH3 is 4. The summed E-state index contributed by atoms with van der Waals surface area (Å²) in [6, 6.07) is 11.4. The van der Waals surface area contributed by atoms with Crippen molar-refractivity contribution in [3.05, 3.63) is 69.8 Å². The zero-order valence-corrected chi connectivity index (χ0v) is 22.6. The van der Waals surface area contributed by atoms with Crippen LogP contribution >= 0.6 is 0 Å². The molecular weight excluding hydrogens is 468 g/mol. The van der Waals surface area contributed by atoms with E-state index in [1.807, 2.05) is 49.5 Å². The second-order valence-corrected chi connectivity index (χ2v) is 9.50. The molecule has 2 aliphatic heterocycles. The fourth-order valence-corrected chi connectivity index (χ4v) is 4.98. The lowest BCUT2D eigenvalue weighted by atomic mass is 9.85. The molecule has 2 heterocycles. The van der Waals surface area contributed by atoms with Gasteiger partial charge in [-0.05, 0) is 80.2 Å². The minimum atomic E-state index is 0.0889. The Morgan fingerprint density at radius 3 is 1.76 bits per heavy atom. The van der Waals surface area contributed by atoms with Crippen LogP contribution in [0.2, 0.25) is 0 Å². The number of rotatable bonds is 6. The van der Waals surface area contributed by atoms with Gasteiger partial charge < -0.3 is 23.8 Å². The maximum atomic E-state index is 13.9. The Bertz CT molecular complexity index is 1260. The second kappa shape index (κ2) is 11.7. The Kier molecular flexibility index (Phi) is 8.36. The lowest BCUT2D eigenvalue weighted by Gasteiger charge is -2.33. The van der Waals surface area contributed by atoms with Crippen LogP contribution in [0.3, 0.4) is 0 Å². The first-order chi connectivity index (χ1) is 17.9. The van der Waals surface area contributed by atoms with E-state index in [1.54, 1.807) is 28.4 Å². The summed E-state index contributed by atoms with van der Waals surface area (Å²) >= 11 is 0. The van der Waals surface area contributed by atoms with Crippen molar-refractivity contribution in [1.29, 1.82) is 0 Å². The van der Waals surface area contributed by atoms with Crippen LogP contribution in [-0.2, 0) is 4.79 Å². The van der Waals surface area contributed by atoms with Gasteiger partial charge in [0.15, 0.2) is 5.78 Å². The third-order valence-corrected chi connectivity index (χ3v) is 6.90. The number of carbonyl (C=O) groups is 1. The molecule has 2 fully saturated rings. The Labute approximate surface area is 219 Å². The van der Waals surface area contributed by atoms with Crippen molar-refractivity contribution >= 4 is 17.9 Å². The van der Waals surface area contributed by atoms with Gasteiger partial charge >= 0.3 is 0 Å². The molecule has 0 atom stereocenters. The molecule has 2 aromatic rings. The Hall–Kier alpha value is -3.55. The molecule has 0 bridgehead atoms. The Balaban J connectivity index is 1.80. The van der Waals surface area contributed by atoms with Gasteiger partial charge in [-0.1, -0.05) is 0 Å². The number of hydrogen-bond donors (Lipinski definition) is 0. The topological polar surface area (TPSA) is 60.5 Å². The molecule has 0 N–H and O–H groups in total. The Morgan fingerprint density at radius 1 is 0.676 bits per heavy atom. The fraction of sp³-hybridized carbons (Fsp3) is 0.367. The quantitative estimate of drug-likeness (QED) is 0.543. The van der Waals surface area contributed by atoms with Gasteiger partial charge in [-0.3, -0.25) is 9.69 Å². The summed E-state index contributed by atoms with van der Waals surface area (Å²) in [5.41, 5.74) is 5.58. The number of ether oxygens (including phenoxy) is 4. The normalized spacial score (nSPS) is 21.4. The molecule has 2 saturated heterocycles. The largest absolute Gasteiger partial charge is 0.497 e. The van der Waals surface area contributed by atoms with Crippen LogP contribution in [0.5, 0.6) is 23.0 Å². The third-order valence-electron chi connectivity index (χ3n) is 6.90. The number of piperidine rings is 2. The minimum absolute atomic E-state index is 0.0889. The van der Waals surface area contributed by atoms with E-state index < -0.39 is 0 Å². The number of likely N-dealkylation sites (tertiary alicyclic amines) is 2. The molecule has 7 nitrogen and oxygen atoms in total. The van der Waals surface area contributed by atoms with E-state index in [9.17, 15) is 4.79 Å². The first kappa shape index (κ1) is 26.5. The number of Topliss-reactive ketones (excluding diaryl/α,β-unsaturated/α-hetero) is 1. The standard InChI is InChI=1S/C30H36N2O5/c1-31-12-11-26(22(17-31)13-20-15-24(34-3)7-9-28(20)36-5)27-19-32(2)18-23(30(27)33)14-21-16-25(35-4)8-10-29(21)37-6/h7-10,13-16H,11-12,17-19H2,1-6H3/b22-13+,23-14+,27-26+. The molecule has 7 heteroatoms. The molecule has 0 saturated carbocycles. The summed E-state index contributed by atoms with van der Waals surface area (Å²) in [6.07, 6.45) is 4.87. The summed E-state index contributed by atoms with van der Waals surface area (Å²) < 4.78 is 22.0. The molecule has 37 heavy (non-hydrogen) atoms. The molecule has 0 aliphatic carbocycles. The zero-order valence-electron chi connectivity index (χ0n) is 22.6. The van der Waals surface area contributed by atoms with E-state index in [0.29, 0.717) is 18.8 Å². The molecule has 2 aliphatic rings. The Morgan fingerprint density at radius 2 is 1.22 bits per heavy atom. The van der Waals surface area contributed by atoms with Crippen LogP contribution in [0.25, 0.3) is 12.2 Å². The van der Waals surface area contributed by atoms with Crippen molar-refractivity contribution < 1.29 is 23.7 Å². The lowest BCUT2D eigenvalue weighted by molar-refractivity contribution is -0.113. The smallest absolute Gasteiger partial charge is 0.187 e. The second-order valence-electron chi connectivity index (χ2n) is 9.50. The molecule has 196 valence electrons. The number of carbonyl (C=O) groups excluding carboxylic acids is 1. The summed E-state index contributed by atoms with van der Waals surface area (Å²) in [5.74, 6) is 3.04. The summed E-state index contributed by atoms with van der Waals surface area (Å²) in [6.45, 7) is 2.82. The summed E-state index contributed by atoms with van der Waals surface area (Å²) in [7, 11) is 10.7. The maximum absolute atomic E-state index is 13.9. The SMILES string of the molecule is COc1ccc(OC)c(/C=C2\CN(C)CC\C2=C2\CN(C)C/C(=C\c3cc(OC)ccc3OC)C2=O)c1. The molecule has 0 amide bonds. The number of hydrogen-bond acceptors (Lipinski definition) is 7. The van der Waals surface area contributed by atoms with Crippen molar-refractivity contribution in [2.45, 2.75) is 6.42 Å². The highest BCUT2D eigenvalue weighted by Crippen LogP contribution is 2.34. The average Bonchev–Trinajstić information content (AvgIpc) is 2.90. The van der Waals surface area contributed by atoms with Crippen LogP contribution in [0.4, 0.5) is 0 Å². The van der Waals surface area contributed by atoms with Gasteiger partial charge in [-0.25, -0.2) is 0 Å². The van der Waals surface area contributed by atoms with Crippen LogP contribution in [0.15, 0.2) is 58.7 Å². The van der Waals surface area contributed by atoms with Crippen LogP contribution < -0.4 is 18.9 Å². The fourth-order valence-electron chi connectivity index (χ4n) is 4.98. The van der Waals surface area contributed by atoms with Crippen LogP contribution in [-0.4, -0.2) is 84.3 Å². The van der Waals surface area contributed by atoms with Crippen molar-refractivity contribution in [3.8, 4) is 23.0 Å². The van der Waals surface area contributed by atoms with Gasteiger partial charge in [0.2, 0.25) is 0 Å². The highest BCUT2D eigenvalue weighted by molar-refractivity contribution is 6.13. The first-order valence-electron chi connectivity index (χ1n) is 12.4. The molecule has 0 unspecified atom stereocenters. The molecule has 0 radical (unpaired) electrons. The number of benzene rings is 2. The van der Waals surface area contributed by atoms with E-state index in [0.717, 1.165) is 70.2 Å².